The van der Waals surface area contributed by atoms with E-state index in [9.17, 15) is 14.4 Å². The van der Waals surface area contributed by atoms with Crippen LogP contribution in [-0.2, 0) is 9.53 Å². The summed E-state index contributed by atoms with van der Waals surface area (Å²) in [6, 6.07) is 4.36. The van der Waals surface area contributed by atoms with E-state index in [1.807, 2.05) is 0 Å². The lowest BCUT2D eigenvalue weighted by molar-refractivity contribution is -0.144. The number of carboxylic acid groups (broad SMARTS) is 1. The number of amides is 2. The fourth-order valence-corrected chi connectivity index (χ4v) is 1.42. The lowest BCUT2D eigenvalue weighted by Gasteiger charge is -2.13. The van der Waals surface area contributed by atoms with Crippen molar-refractivity contribution in [3.8, 4) is 0 Å². The van der Waals surface area contributed by atoms with Crippen molar-refractivity contribution in [1.82, 2.24) is 5.32 Å². The molecule has 0 heterocycles. The Morgan fingerprint density at radius 2 is 2.05 bits per heavy atom. The van der Waals surface area contributed by atoms with Crippen LogP contribution in [0.15, 0.2) is 24.3 Å². The third-order valence-electron chi connectivity index (χ3n) is 2.36. The molecule has 0 radical (unpaired) electrons. The van der Waals surface area contributed by atoms with Crippen LogP contribution >= 0.6 is 0 Å². The van der Waals surface area contributed by atoms with Crippen LogP contribution in [0.1, 0.15) is 24.2 Å². The maximum atomic E-state index is 11.6. The lowest BCUT2D eigenvalue weighted by Crippen LogP contribution is -2.41. The quantitative estimate of drug-likeness (QED) is 0.708. The van der Waals surface area contributed by atoms with E-state index in [0.29, 0.717) is 5.69 Å². The molecule has 1 unspecified atom stereocenters. The zero-order valence-electron chi connectivity index (χ0n) is 11.2. The number of hydrogen-bond acceptors (Lipinski definition) is 4. The second kappa shape index (κ2) is 7.13. The highest BCUT2D eigenvalue weighted by atomic mass is 16.5. The van der Waals surface area contributed by atoms with Crippen molar-refractivity contribution in [2.75, 3.05) is 11.9 Å². The average molecular weight is 280 g/mol. The molecule has 7 heteroatoms. The molecule has 20 heavy (non-hydrogen) atoms. The summed E-state index contributed by atoms with van der Waals surface area (Å²) in [5.41, 5.74) is 0.375. The highest BCUT2D eigenvalue weighted by Crippen LogP contribution is 2.10. The molecule has 1 aromatic rings. The summed E-state index contributed by atoms with van der Waals surface area (Å²) in [6.45, 7) is 3.39. The second-order valence-corrected chi connectivity index (χ2v) is 3.96. The van der Waals surface area contributed by atoms with Crippen LogP contribution < -0.4 is 10.6 Å². The van der Waals surface area contributed by atoms with Gasteiger partial charge in [-0.05, 0) is 32.0 Å². The van der Waals surface area contributed by atoms with Crippen molar-refractivity contribution >= 4 is 23.7 Å². The second-order valence-electron chi connectivity index (χ2n) is 3.96. The molecular formula is C13H16N2O5. The molecule has 7 nitrogen and oxygen atoms in total. The Bertz CT molecular complexity index is 515. The number of aromatic carboxylic acids is 1. The molecule has 0 spiro atoms. The Labute approximate surface area is 115 Å². The number of anilines is 1. The van der Waals surface area contributed by atoms with Crippen molar-refractivity contribution in [1.29, 1.82) is 0 Å². The molecule has 1 aromatic carbocycles. The van der Waals surface area contributed by atoms with Crippen LogP contribution in [0.4, 0.5) is 10.5 Å². The van der Waals surface area contributed by atoms with Gasteiger partial charge in [0, 0.05) is 5.69 Å². The highest BCUT2D eigenvalue weighted by molar-refractivity contribution is 5.94. The van der Waals surface area contributed by atoms with E-state index in [1.165, 1.54) is 25.1 Å². The van der Waals surface area contributed by atoms with Gasteiger partial charge in [0.15, 0.2) is 0 Å². The minimum Gasteiger partial charge on any atom is -0.478 e. The Kier molecular flexibility index (Phi) is 5.52. The van der Waals surface area contributed by atoms with Crippen LogP contribution in [-0.4, -0.2) is 35.7 Å². The van der Waals surface area contributed by atoms with Gasteiger partial charge in [-0.25, -0.2) is 14.4 Å². The Morgan fingerprint density at radius 3 is 2.65 bits per heavy atom. The number of benzene rings is 1. The van der Waals surface area contributed by atoms with Gasteiger partial charge in [-0.2, -0.15) is 0 Å². The van der Waals surface area contributed by atoms with Gasteiger partial charge < -0.3 is 20.5 Å². The summed E-state index contributed by atoms with van der Waals surface area (Å²) < 4.78 is 4.75. The topological polar surface area (TPSA) is 105 Å². The lowest BCUT2D eigenvalue weighted by atomic mass is 10.2. The maximum absolute atomic E-state index is 11.6. The smallest absolute Gasteiger partial charge is 0.335 e. The van der Waals surface area contributed by atoms with E-state index >= 15 is 0 Å². The van der Waals surface area contributed by atoms with Gasteiger partial charge in [0.05, 0.1) is 12.2 Å². The number of urea groups is 1. The SMILES string of the molecule is CCOC(=O)C(C)NC(=O)Nc1cccc(C(=O)O)c1. The predicted octanol–water partition coefficient (Wildman–Crippen LogP) is 1.46. The van der Waals surface area contributed by atoms with Gasteiger partial charge in [-0.1, -0.05) is 6.07 Å². The minimum atomic E-state index is -1.09. The van der Waals surface area contributed by atoms with E-state index < -0.39 is 24.0 Å². The standard InChI is InChI=1S/C13H16N2O5/c1-3-20-12(18)8(2)14-13(19)15-10-6-4-5-9(7-10)11(16)17/h4-8H,3H2,1-2H3,(H,16,17)(H2,14,15,19). The van der Waals surface area contributed by atoms with Crippen molar-refractivity contribution in [3.05, 3.63) is 29.8 Å². The summed E-state index contributed by atoms with van der Waals surface area (Å²) >= 11 is 0. The molecule has 108 valence electrons. The fourth-order valence-electron chi connectivity index (χ4n) is 1.42. The molecule has 0 fully saturated rings. The number of esters is 1. The fraction of sp³-hybridized carbons (Fsp3) is 0.308. The van der Waals surface area contributed by atoms with Gasteiger partial charge in [0.25, 0.3) is 0 Å². The Hall–Kier alpha value is -2.57. The van der Waals surface area contributed by atoms with Gasteiger partial charge in [0.1, 0.15) is 6.04 Å². The number of rotatable bonds is 5. The first-order valence-electron chi connectivity index (χ1n) is 6.01. The predicted molar refractivity (Wildman–Crippen MR) is 71.7 cm³/mol. The molecule has 0 saturated carbocycles. The Balaban J connectivity index is 2.60. The van der Waals surface area contributed by atoms with Gasteiger partial charge >= 0.3 is 18.0 Å². The van der Waals surface area contributed by atoms with Crippen LogP contribution in [0.3, 0.4) is 0 Å². The molecule has 0 aliphatic heterocycles. The Morgan fingerprint density at radius 1 is 1.35 bits per heavy atom. The monoisotopic (exact) mass is 280 g/mol. The summed E-state index contributed by atoms with van der Waals surface area (Å²) in [7, 11) is 0. The van der Waals surface area contributed by atoms with E-state index in [-0.39, 0.29) is 12.2 Å². The largest absolute Gasteiger partial charge is 0.478 e. The summed E-state index contributed by atoms with van der Waals surface area (Å²) in [5.74, 6) is -1.63. The number of nitrogens with one attached hydrogen (secondary N) is 2. The first-order chi connectivity index (χ1) is 9.43. The highest BCUT2D eigenvalue weighted by Gasteiger charge is 2.16. The molecule has 1 rings (SSSR count). The van der Waals surface area contributed by atoms with E-state index in [2.05, 4.69) is 10.6 Å². The van der Waals surface area contributed by atoms with E-state index in [4.69, 9.17) is 9.84 Å². The first kappa shape index (κ1) is 15.5. The zero-order chi connectivity index (χ0) is 15.1. The minimum absolute atomic E-state index is 0.0567. The molecule has 0 aliphatic carbocycles. The van der Waals surface area contributed by atoms with Crippen LogP contribution in [0.2, 0.25) is 0 Å². The molecule has 0 aliphatic rings. The van der Waals surface area contributed by atoms with Crippen molar-refractivity contribution in [3.63, 3.8) is 0 Å². The van der Waals surface area contributed by atoms with Crippen molar-refractivity contribution in [2.24, 2.45) is 0 Å². The number of carboxylic acids is 1. The number of carbonyl (C=O) groups is 3. The van der Waals surface area contributed by atoms with E-state index in [1.54, 1.807) is 13.0 Å². The average Bonchev–Trinajstić information content (AvgIpc) is 2.39. The van der Waals surface area contributed by atoms with Gasteiger partial charge in [-0.15, -0.1) is 0 Å². The molecule has 0 saturated heterocycles. The maximum Gasteiger partial charge on any atom is 0.335 e. The summed E-state index contributed by atoms with van der Waals surface area (Å²) in [5, 5.41) is 13.7. The van der Waals surface area contributed by atoms with E-state index in [0.717, 1.165) is 0 Å². The molecular weight excluding hydrogens is 264 g/mol. The van der Waals surface area contributed by atoms with Gasteiger partial charge in [-0.3, -0.25) is 0 Å². The zero-order valence-corrected chi connectivity index (χ0v) is 11.2. The number of carbonyl (C=O) groups excluding carboxylic acids is 2. The normalized spacial score (nSPS) is 11.3. The number of ether oxygens (including phenoxy) is 1. The third-order valence-corrected chi connectivity index (χ3v) is 2.36. The summed E-state index contributed by atoms with van der Waals surface area (Å²) in [4.78, 5) is 33.8. The molecule has 2 amide bonds. The molecule has 0 aromatic heterocycles. The molecule has 3 N–H and O–H groups in total. The van der Waals surface area contributed by atoms with Crippen LogP contribution in [0, 0.1) is 0 Å². The van der Waals surface area contributed by atoms with Crippen LogP contribution in [0.25, 0.3) is 0 Å². The van der Waals surface area contributed by atoms with Crippen molar-refractivity contribution in [2.45, 2.75) is 19.9 Å². The first-order valence-corrected chi connectivity index (χ1v) is 6.01. The van der Waals surface area contributed by atoms with Crippen LogP contribution in [0.5, 0.6) is 0 Å². The van der Waals surface area contributed by atoms with Gasteiger partial charge in [0.2, 0.25) is 0 Å². The molecule has 0 bridgehead atoms. The molecule has 1 atom stereocenters. The number of hydrogen-bond donors (Lipinski definition) is 3. The van der Waals surface area contributed by atoms with Crippen molar-refractivity contribution < 1.29 is 24.2 Å². The third kappa shape index (κ3) is 4.60. The summed E-state index contributed by atoms with van der Waals surface area (Å²) in [6.07, 6.45) is 0.